The molecule has 0 aliphatic carbocycles. The lowest BCUT2D eigenvalue weighted by molar-refractivity contribution is 0.608. The minimum absolute atomic E-state index is 0.175. The molecule has 0 amide bonds. The van der Waals surface area contributed by atoms with Gasteiger partial charge in [-0.2, -0.15) is 0 Å². The average Bonchev–Trinajstić information content (AvgIpc) is 2.82. The van der Waals surface area contributed by atoms with E-state index in [9.17, 15) is 0 Å². The fraction of sp³-hybridized carbons (Fsp3) is 0.154. The molecule has 2 heterocycles. The number of nitrogens with one attached hydrogen (secondary N) is 1. The normalized spacial score (nSPS) is 17.9. The molecule has 0 saturated carbocycles. The largest absolute Gasteiger partial charge is 0.369 e. The molecular weight excluding hydrogens is 216 g/mol. The van der Waals surface area contributed by atoms with E-state index in [1.807, 2.05) is 12.1 Å². The number of rotatable bonds is 2. The Balaban J connectivity index is 1.89. The monoisotopic (exact) mass is 228 g/mol. The second-order valence-electron chi connectivity index (χ2n) is 3.80. The highest BCUT2D eigenvalue weighted by molar-refractivity contribution is 7.09. The van der Waals surface area contributed by atoms with Crippen LogP contribution in [-0.4, -0.2) is 6.17 Å². The predicted molar refractivity (Wildman–Crippen MR) is 66.6 cm³/mol. The molecule has 1 aromatic carbocycles. The van der Waals surface area contributed by atoms with Gasteiger partial charge in [0.25, 0.3) is 0 Å². The van der Waals surface area contributed by atoms with Gasteiger partial charge >= 0.3 is 0 Å². The smallest absolute Gasteiger partial charge is 0.123 e. The molecule has 80 valence electrons. The summed E-state index contributed by atoms with van der Waals surface area (Å²) in [5, 5.41) is 7.69. The molecule has 1 aromatic heterocycles. The Morgan fingerprint density at radius 2 is 2.12 bits per heavy atom. The van der Waals surface area contributed by atoms with E-state index in [2.05, 4.69) is 46.2 Å². The lowest BCUT2D eigenvalue weighted by Gasteiger charge is -2.15. The summed E-state index contributed by atoms with van der Waals surface area (Å²) in [5.74, 6) is 0. The van der Waals surface area contributed by atoms with Gasteiger partial charge in [0.2, 0.25) is 0 Å². The van der Waals surface area contributed by atoms with Gasteiger partial charge in [-0.1, -0.05) is 24.3 Å². The first-order valence-corrected chi connectivity index (χ1v) is 6.21. The topological polar surface area (TPSA) is 24.4 Å². The summed E-state index contributed by atoms with van der Waals surface area (Å²) in [4.78, 5) is 6.05. The lowest BCUT2D eigenvalue weighted by atomic mass is 10.2. The maximum Gasteiger partial charge on any atom is 0.123 e. The Kier molecular flexibility index (Phi) is 2.46. The van der Waals surface area contributed by atoms with Gasteiger partial charge < -0.3 is 5.32 Å². The fourth-order valence-corrected chi connectivity index (χ4v) is 2.59. The number of nitrogens with zero attached hydrogens (tertiary/aromatic N) is 1. The molecule has 1 aliphatic heterocycles. The summed E-state index contributed by atoms with van der Waals surface area (Å²) < 4.78 is 0. The molecule has 0 spiro atoms. The van der Waals surface area contributed by atoms with E-state index in [1.54, 1.807) is 11.3 Å². The van der Waals surface area contributed by atoms with E-state index >= 15 is 0 Å². The standard InChI is InChI=1S/C13H12N2S/c1-2-6-12-10(4-1)9-14-13(15-12)8-11-5-3-7-16-11/h1-7,9,13-14H,8H2. The number of benzene rings is 1. The van der Waals surface area contributed by atoms with Gasteiger partial charge in [-0.3, -0.25) is 4.99 Å². The molecule has 1 aliphatic rings. The van der Waals surface area contributed by atoms with Crippen molar-refractivity contribution in [3.05, 3.63) is 57.2 Å². The first-order chi connectivity index (χ1) is 7.92. The second-order valence-corrected chi connectivity index (χ2v) is 4.83. The summed E-state index contributed by atoms with van der Waals surface area (Å²) in [6, 6.07) is 12.4. The maximum absolute atomic E-state index is 4.68. The zero-order valence-electron chi connectivity index (χ0n) is 8.76. The molecule has 1 atom stereocenters. The Bertz CT molecular complexity index is 587. The van der Waals surface area contributed by atoms with Gasteiger partial charge in [-0.15, -0.1) is 11.3 Å². The van der Waals surface area contributed by atoms with Crippen molar-refractivity contribution in [3.8, 4) is 0 Å². The number of hydrogen-bond acceptors (Lipinski definition) is 3. The minimum Gasteiger partial charge on any atom is -0.369 e. The second kappa shape index (κ2) is 4.10. The number of hydrogen-bond donors (Lipinski definition) is 1. The van der Waals surface area contributed by atoms with Crippen LogP contribution in [0.2, 0.25) is 0 Å². The zero-order valence-corrected chi connectivity index (χ0v) is 9.58. The van der Waals surface area contributed by atoms with Crippen molar-refractivity contribution in [2.24, 2.45) is 4.99 Å². The number of fused-ring (bicyclic) bond motifs is 1. The van der Waals surface area contributed by atoms with Crippen LogP contribution in [0.4, 0.5) is 0 Å². The van der Waals surface area contributed by atoms with Crippen LogP contribution in [0.25, 0.3) is 6.20 Å². The zero-order chi connectivity index (χ0) is 10.8. The van der Waals surface area contributed by atoms with Crippen molar-refractivity contribution in [2.45, 2.75) is 12.6 Å². The van der Waals surface area contributed by atoms with Crippen molar-refractivity contribution in [1.82, 2.24) is 5.32 Å². The predicted octanol–water partition coefficient (Wildman–Crippen LogP) is 1.28. The molecular formula is C13H12N2S. The third-order valence-electron chi connectivity index (χ3n) is 2.64. The molecule has 0 fully saturated rings. The summed E-state index contributed by atoms with van der Waals surface area (Å²) in [6.07, 6.45) is 3.19. The van der Waals surface area contributed by atoms with E-state index in [-0.39, 0.29) is 6.17 Å². The average molecular weight is 228 g/mol. The maximum atomic E-state index is 4.68. The van der Waals surface area contributed by atoms with Gasteiger partial charge in [0.05, 0.1) is 5.36 Å². The van der Waals surface area contributed by atoms with E-state index in [0.29, 0.717) is 0 Å². The molecule has 2 aromatic rings. The summed E-state index contributed by atoms with van der Waals surface area (Å²) in [5.41, 5.74) is 0. The first kappa shape index (κ1) is 9.60. The minimum atomic E-state index is 0.175. The van der Waals surface area contributed by atoms with E-state index in [0.717, 1.165) is 11.8 Å². The highest BCUT2D eigenvalue weighted by atomic mass is 32.1. The molecule has 1 unspecified atom stereocenters. The SMILES string of the molecule is C1=c2ccccc2=NC(Cc2cccs2)N1. The fourth-order valence-electron chi connectivity index (χ4n) is 1.84. The van der Waals surface area contributed by atoms with E-state index in [1.165, 1.54) is 10.1 Å². The van der Waals surface area contributed by atoms with Crippen molar-refractivity contribution in [2.75, 3.05) is 0 Å². The Hall–Kier alpha value is -1.61. The van der Waals surface area contributed by atoms with Gasteiger partial charge in [-0.05, 0) is 17.5 Å². The molecule has 0 bridgehead atoms. The van der Waals surface area contributed by atoms with Crippen LogP contribution >= 0.6 is 11.3 Å². The molecule has 0 radical (unpaired) electrons. The lowest BCUT2D eigenvalue weighted by Crippen LogP contribution is -2.39. The molecule has 0 saturated heterocycles. The van der Waals surface area contributed by atoms with Crippen LogP contribution in [0.15, 0.2) is 46.8 Å². The van der Waals surface area contributed by atoms with Crippen LogP contribution < -0.4 is 15.9 Å². The number of para-hydroxylation sites is 1. The quantitative estimate of drug-likeness (QED) is 0.822. The van der Waals surface area contributed by atoms with Crippen molar-refractivity contribution in [3.63, 3.8) is 0 Å². The summed E-state index contributed by atoms with van der Waals surface area (Å²) in [6.45, 7) is 0. The van der Waals surface area contributed by atoms with E-state index < -0.39 is 0 Å². The van der Waals surface area contributed by atoms with Crippen LogP contribution in [-0.2, 0) is 6.42 Å². The van der Waals surface area contributed by atoms with Gasteiger partial charge in [-0.25, -0.2) is 0 Å². The van der Waals surface area contributed by atoms with Crippen molar-refractivity contribution < 1.29 is 0 Å². The van der Waals surface area contributed by atoms with Crippen molar-refractivity contribution in [1.29, 1.82) is 0 Å². The van der Waals surface area contributed by atoms with E-state index in [4.69, 9.17) is 0 Å². The van der Waals surface area contributed by atoms with Crippen LogP contribution in [0.5, 0.6) is 0 Å². The van der Waals surface area contributed by atoms with Crippen LogP contribution in [0.1, 0.15) is 4.88 Å². The summed E-state index contributed by atoms with van der Waals surface area (Å²) >= 11 is 1.78. The molecule has 2 nitrogen and oxygen atoms in total. The molecule has 16 heavy (non-hydrogen) atoms. The Morgan fingerprint density at radius 3 is 3.00 bits per heavy atom. The Labute approximate surface area is 98.0 Å². The highest BCUT2D eigenvalue weighted by Gasteiger charge is 2.08. The molecule has 1 N–H and O–H groups in total. The van der Waals surface area contributed by atoms with Gasteiger partial charge in [0.15, 0.2) is 0 Å². The molecule has 3 heteroatoms. The van der Waals surface area contributed by atoms with Gasteiger partial charge in [0, 0.05) is 22.7 Å². The Morgan fingerprint density at radius 1 is 1.19 bits per heavy atom. The number of thiophene rings is 1. The molecule has 3 rings (SSSR count). The van der Waals surface area contributed by atoms with Crippen LogP contribution in [0, 0.1) is 0 Å². The van der Waals surface area contributed by atoms with Crippen LogP contribution in [0.3, 0.4) is 0 Å². The summed E-state index contributed by atoms with van der Waals surface area (Å²) in [7, 11) is 0. The third-order valence-corrected chi connectivity index (χ3v) is 3.54. The first-order valence-electron chi connectivity index (χ1n) is 5.33. The third kappa shape index (κ3) is 1.86. The van der Waals surface area contributed by atoms with Gasteiger partial charge in [0.1, 0.15) is 6.17 Å². The highest BCUT2D eigenvalue weighted by Crippen LogP contribution is 2.11. The van der Waals surface area contributed by atoms with Crippen molar-refractivity contribution >= 4 is 17.5 Å².